The molecule has 0 bridgehead atoms. The molecular weight excluding hydrogens is 168 g/mol. The summed E-state index contributed by atoms with van der Waals surface area (Å²) in [5.41, 5.74) is 8.56. The van der Waals surface area contributed by atoms with E-state index in [9.17, 15) is 4.79 Å². The van der Waals surface area contributed by atoms with Crippen molar-refractivity contribution >= 4 is 5.97 Å². The third kappa shape index (κ3) is 1.23. The van der Waals surface area contributed by atoms with Gasteiger partial charge < -0.3 is 15.8 Å². The van der Waals surface area contributed by atoms with E-state index in [-0.39, 0.29) is 0 Å². The second-order valence-electron chi connectivity index (χ2n) is 3.37. The zero-order chi connectivity index (χ0) is 9.42. The molecule has 4 heteroatoms. The quantitative estimate of drug-likeness (QED) is 0.623. The van der Waals surface area contributed by atoms with Gasteiger partial charge in [0.2, 0.25) is 0 Å². The summed E-state index contributed by atoms with van der Waals surface area (Å²) >= 11 is 0. The van der Waals surface area contributed by atoms with E-state index in [1.54, 1.807) is 6.20 Å². The number of aromatic amines is 1. The van der Waals surface area contributed by atoms with Crippen LogP contribution in [0.15, 0.2) is 6.20 Å². The molecule has 1 aliphatic rings. The van der Waals surface area contributed by atoms with E-state index in [0.29, 0.717) is 0 Å². The lowest BCUT2D eigenvalue weighted by Crippen LogP contribution is -2.21. The summed E-state index contributed by atoms with van der Waals surface area (Å²) in [5, 5.41) is 8.75. The highest BCUT2D eigenvalue weighted by Crippen LogP contribution is 2.27. The Bertz CT molecular complexity index is 343. The number of aliphatic carboxylic acids is 1. The van der Waals surface area contributed by atoms with E-state index < -0.39 is 12.0 Å². The minimum atomic E-state index is -0.964. The first-order valence-electron chi connectivity index (χ1n) is 4.37. The molecule has 1 aromatic heterocycles. The molecule has 1 aromatic rings. The number of carboxylic acid groups (broad SMARTS) is 1. The monoisotopic (exact) mass is 180 g/mol. The Labute approximate surface area is 75.8 Å². The van der Waals surface area contributed by atoms with Gasteiger partial charge in [0.05, 0.1) is 0 Å². The van der Waals surface area contributed by atoms with Gasteiger partial charge in [-0.05, 0) is 24.8 Å². The van der Waals surface area contributed by atoms with Gasteiger partial charge in [-0.25, -0.2) is 0 Å². The molecule has 0 amide bonds. The van der Waals surface area contributed by atoms with Crippen LogP contribution in [0, 0.1) is 0 Å². The first-order valence-corrected chi connectivity index (χ1v) is 4.37. The molecule has 0 spiro atoms. The van der Waals surface area contributed by atoms with E-state index in [4.69, 9.17) is 10.8 Å². The molecule has 0 aliphatic heterocycles. The van der Waals surface area contributed by atoms with Crippen LogP contribution in [0.25, 0.3) is 0 Å². The average molecular weight is 180 g/mol. The second kappa shape index (κ2) is 2.88. The number of carbonyl (C=O) groups is 1. The molecule has 0 fully saturated rings. The molecule has 0 radical (unpaired) electrons. The molecule has 1 unspecified atom stereocenters. The number of H-pyrrole nitrogens is 1. The van der Waals surface area contributed by atoms with Gasteiger partial charge in [-0.2, -0.15) is 0 Å². The fourth-order valence-corrected chi connectivity index (χ4v) is 1.88. The molecule has 4 nitrogen and oxygen atoms in total. The van der Waals surface area contributed by atoms with Gasteiger partial charge in [0.15, 0.2) is 0 Å². The number of carboxylic acids is 1. The van der Waals surface area contributed by atoms with Crippen LogP contribution in [-0.4, -0.2) is 16.1 Å². The summed E-state index contributed by atoms with van der Waals surface area (Å²) in [5.74, 6) is -0.964. The van der Waals surface area contributed by atoms with E-state index in [1.165, 1.54) is 0 Å². The van der Waals surface area contributed by atoms with Crippen molar-refractivity contribution in [2.45, 2.75) is 25.3 Å². The third-order valence-electron chi connectivity index (χ3n) is 2.57. The van der Waals surface area contributed by atoms with Crippen LogP contribution in [0.2, 0.25) is 0 Å². The summed E-state index contributed by atoms with van der Waals surface area (Å²) in [6.07, 6.45) is 4.79. The molecule has 1 heterocycles. The topological polar surface area (TPSA) is 79.1 Å². The molecule has 0 saturated heterocycles. The molecule has 0 aromatic carbocycles. The lowest BCUT2D eigenvalue weighted by molar-refractivity contribution is -0.138. The average Bonchev–Trinajstić information content (AvgIpc) is 2.61. The lowest BCUT2D eigenvalue weighted by atomic mass is 10.1. The normalized spacial score (nSPS) is 17.0. The van der Waals surface area contributed by atoms with Crippen LogP contribution in [0.1, 0.15) is 29.3 Å². The summed E-state index contributed by atoms with van der Waals surface area (Å²) in [6, 6.07) is -0.877. The maximum absolute atomic E-state index is 10.7. The largest absolute Gasteiger partial charge is 0.480 e. The predicted octanol–water partition coefficient (Wildman–Crippen LogP) is 0.588. The number of rotatable bonds is 2. The Balaban J connectivity index is 2.36. The maximum atomic E-state index is 10.7. The molecule has 1 atom stereocenters. The van der Waals surface area contributed by atoms with Gasteiger partial charge in [0.1, 0.15) is 6.04 Å². The van der Waals surface area contributed by atoms with Crippen molar-refractivity contribution in [1.82, 2.24) is 4.98 Å². The van der Waals surface area contributed by atoms with Gasteiger partial charge in [-0.1, -0.05) is 0 Å². The molecular formula is C9H12N2O2. The van der Waals surface area contributed by atoms with Gasteiger partial charge in [-0.3, -0.25) is 4.79 Å². The van der Waals surface area contributed by atoms with Crippen LogP contribution in [0.5, 0.6) is 0 Å². The van der Waals surface area contributed by atoms with Crippen LogP contribution >= 0.6 is 0 Å². The number of nitrogens with one attached hydrogen (secondary N) is 1. The Kier molecular flexibility index (Phi) is 1.84. The fourth-order valence-electron chi connectivity index (χ4n) is 1.88. The highest BCUT2D eigenvalue weighted by molar-refractivity contribution is 5.76. The first-order chi connectivity index (χ1) is 6.20. The van der Waals surface area contributed by atoms with Gasteiger partial charge in [-0.15, -0.1) is 0 Å². The summed E-state index contributed by atoms with van der Waals surface area (Å²) in [6.45, 7) is 0. The molecule has 2 rings (SSSR count). The summed E-state index contributed by atoms with van der Waals surface area (Å²) in [4.78, 5) is 13.7. The van der Waals surface area contributed by atoms with Crippen molar-refractivity contribution in [1.29, 1.82) is 0 Å². The molecule has 4 N–H and O–H groups in total. The highest BCUT2D eigenvalue weighted by atomic mass is 16.4. The van der Waals surface area contributed by atoms with Crippen molar-refractivity contribution in [2.24, 2.45) is 5.73 Å². The van der Waals surface area contributed by atoms with Crippen molar-refractivity contribution in [3.63, 3.8) is 0 Å². The Morgan fingerprint density at radius 2 is 2.38 bits per heavy atom. The number of fused-ring (bicyclic) bond motifs is 1. The number of hydrogen-bond donors (Lipinski definition) is 3. The van der Waals surface area contributed by atoms with Gasteiger partial charge in [0.25, 0.3) is 0 Å². The lowest BCUT2D eigenvalue weighted by Gasteiger charge is -2.05. The fraction of sp³-hybridized carbons (Fsp3) is 0.444. The predicted molar refractivity (Wildman–Crippen MR) is 47.4 cm³/mol. The third-order valence-corrected chi connectivity index (χ3v) is 2.57. The smallest absolute Gasteiger partial charge is 0.325 e. The highest BCUT2D eigenvalue weighted by Gasteiger charge is 2.23. The zero-order valence-corrected chi connectivity index (χ0v) is 7.21. The standard InChI is InChI=1S/C9H12N2O2/c10-8(9(12)13)6-4-11-7-3-1-2-5(6)7/h4,8,11H,1-3,10H2,(H,12,13). The first kappa shape index (κ1) is 8.31. The molecule has 0 saturated carbocycles. The second-order valence-corrected chi connectivity index (χ2v) is 3.37. The van der Waals surface area contributed by atoms with Crippen molar-refractivity contribution < 1.29 is 9.90 Å². The Morgan fingerprint density at radius 1 is 1.62 bits per heavy atom. The Morgan fingerprint density at radius 3 is 3.08 bits per heavy atom. The van der Waals surface area contributed by atoms with E-state index in [1.807, 2.05) is 0 Å². The molecule has 70 valence electrons. The minimum absolute atomic E-state index is 0.750. The number of aryl methyl sites for hydroxylation is 1. The van der Waals surface area contributed by atoms with Crippen LogP contribution < -0.4 is 5.73 Å². The van der Waals surface area contributed by atoms with E-state index >= 15 is 0 Å². The van der Waals surface area contributed by atoms with Crippen molar-refractivity contribution in [2.75, 3.05) is 0 Å². The number of hydrogen-bond acceptors (Lipinski definition) is 2. The van der Waals surface area contributed by atoms with E-state index in [2.05, 4.69) is 4.98 Å². The summed E-state index contributed by atoms with van der Waals surface area (Å²) < 4.78 is 0. The van der Waals surface area contributed by atoms with Crippen LogP contribution in [-0.2, 0) is 17.6 Å². The zero-order valence-electron chi connectivity index (χ0n) is 7.21. The minimum Gasteiger partial charge on any atom is -0.480 e. The number of nitrogens with two attached hydrogens (primary N) is 1. The Hall–Kier alpha value is -1.29. The van der Waals surface area contributed by atoms with Gasteiger partial charge in [0, 0.05) is 17.5 Å². The van der Waals surface area contributed by atoms with Crippen molar-refractivity contribution in [3.8, 4) is 0 Å². The number of aromatic nitrogens is 1. The van der Waals surface area contributed by atoms with Crippen LogP contribution in [0.4, 0.5) is 0 Å². The van der Waals surface area contributed by atoms with Crippen molar-refractivity contribution in [3.05, 3.63) is 23.0 Å². The molecule has 1 aliphatic carbocycles. The molecule has 13 heavy (non-hydrogen) atoms. The van der Waals surface area contributed by atoms with Gasteiger partial charge >= 0.3 is 5.97 Å². The maximum Gasteiger partial charge on any atom is 0.325 e. The van der Waals surface area contributed by atoms with E-state index in [0.717, 1.165) is 36.1 Å². The summed E-state index contributed by atoms with van der Waals surface area (Å²) in [7, 11) is 0. The van der Waals surface area contributed by atoms with Crippen LogP contribution in [0.3, 0.4) is 0 Å². The SMILES string of the molecule is NC(C(=O)O)c1c[nH]c2c1CCC2.